The van der Waals surface area contributed by atoms with Gasteiger partial charge in [0, 0.05) is 12.6 Å². The molecule has 1 rings (SSSR count). The maximum absolute atomic E-state index is 5.53. The molecule has 0 aromatic carbocycles. The SMILES string of the molecule is CCCCN(c1n[nH]c(N)n1)C(C)CC. The lowest BCUT2D eigenvalue weighted by molar-refractivity contribution is 0.583. The summed E-state index contributed by atoms with van der Waals surface area (Å²) < 4.78 is 0. The van der Waals surface area contributed by atoms with E-state index in [9.17, 15) is 0 Å². The zero-order valence-electron chi connectivity index (χ0n) is 9.82. The topological polar surface area (TPSA) is 70.8 Å². The molecule has 0 bridgehead atoms. The molecule has 0 saturated carbocycles. The van der Waals surface area contributed by atoms with Crippen LogP contribution in [0.4, 0.5) is 11.9 Å². The Morgan fingerprint density at radius 3 is 2.67 bits per heavy atom. The standard InChI is InChI=1S/C10H21N5/c1-4-6-7-15(8(3)5-2)10-12-9(11)13-14-10/h8H,4-7H2,1-3H3,(H3,11,12,13,14). The summed E-state index contributed by atoms with van der Waals surface area (Å²) in [4.78, 5) is 6.37. The van der Waals surface area contributed by atoms with E-state index in [4.69, 9.17) is 5.73 Å². The molecule has 15 heavy (non-hydrogen) atoms. The fourth-order valence-corrected chi connectivity index (χ4v) is 1.46. The first kappa shape index (κ1) is 11.8. The van der Waals surface area contributed by atoms with Gasteiger partial charge in [-0.3, -0.25) is 0 Å². The van der Waals surface area contributed by atoms with Crippen LogP contribution in [0.15, 0.2) is 0 Å². The van der Waals surface area contributed by atoms with E-state index >= 15 is 0 Å². The van der Waals surface area contributed by atoms with Crippen LogP contribution in [0.3, 0.4) is 0 Å². The van der Waals surface area contributed by atoms with Gasteiger partial charge in [-0.15, -0.1) is 5.10 Å². The maximum Gasteiger partial charge on any atom is 0.246 e. The highest BCUT2D eigenvalue weighted by Gasteiger charge is 2.16. The minimum absolute atomic E-state index is 0.384. The van der Waals surface area contributed by atoms with E-state index in [0.717, 1.165) is 25.3 Å². The van der Waals surface area contributed by atoms with Crippen LogP contribution in [0.2, 0.25) is 0 Å². The van der Waals surface area contributed by atoms with E-state index in [1.165, 1.54) is 6.42 Å². The van der Waals surface area contributed by atoms with Crippen LogP contribution in [0.5, 0.6) is 0 Å². The van der Waals surface area contributed by atoms with Gasteiger partial charge >= 0.3 is 0 Å². The Bertz CT molecular complexity index is 283. The van der Waals surface area contributed by atoms with Gasteiger partial charge in [0.25, 0.3) is 0 Å². The number of H-pyrrole nitrogens is 1. The second-order valence-corrected chi connectivity index (χ2v) is 3.82. The van der Waals surface area contributed by atoms with Crippen molar-refractivity contribution in [2.24, 2.45) is 0 Å². The molecule has 1 atom stereocenters. The average molecular weight is 211 g/mol. The lowest BCUT2D eigenvalue weighted by atomic mass is 10.2. The number of unbranched alkanes of at least 4 members (excludes halogenated alkanes) is 1. The van der Waals surface area contributed by atoms with Crippen LogP contribution in [-0.4, -0.2) is 27.8 Å². The van der Waals surface area contributed by atoms with E-state index in [1.807, 2.05) is 0 Å². The Balaban J connectivity index is 2.71. The number of rotatable bonds is 6. The monoisotopic (exact) mass is 211 g/mol. The molecule has 5 nitrogen and oxygen atoms in total. The molecule has 0 aliphatic carbocycles. The van der Waals surface area contributed by atoms with Crippen LogP contribution in [-0.2, 0) is 0 Å². The van der Waals surface area contributed by atoms with E-state index in [1.54, 1.807) is 0 Å². The number of aromatic amines is 1. The van der Waals surface area contributed by atoms with Crippen LogP contribution < -0.4 is 10.6 Å². The molecular formula is C10H21N5. The molecule has 0 amide bonds. The average Bonchev–Trinajstić information content (AvgIpc) is 2.65. The number of hydrogen-bond acceptors (Lipinski definition) is 4. The Morgan fingerprint density at radius 1 is 1.47 bits per heavy atom. The first-order chi connectivity index (χ1) is 7.19. The predicted octanol–water partition coefficient (Wildman–Crippen LogP) is 1.79. The van der Waals surface area contributed by atoms with Gasteiger partial charge in [-0.05, 0) is 19.8 Å². The maximum atomic E-state index is 5.53. The summed E-state index contributed by atoms with van der Waals surface area (Å²) in [5, 5.41) is 6.78. The highest BCUT2D eigenvalue weighted by molar-refractivity contribution is 5.34. The fourth-order valence-electron chi connectivity index (χ4n) is 1.46. The summed E-state index contributed by atoms with van der Waals surface area (Å²) >= 11 is 0. The third-order valence-corrected chi connectivity index (χ3v) is 2.62. The van der Waals surface area contributed by atoms with Gasteiger partial charge in [0.2, 0.25) is 11.9 Å². The van der Waals surface area contributed by atoms with Gasteiger partial charge < -0.3 is 10.6 Å². The third-order valence-electron chi connectivity index (χ3n) is 2.62. The lowest BCUT2D eigenvalue weighted by Crippen LogP contribution is -2.34. The number of nitrogens with zero attached hydrogens (tertiary/aromatic N) is 3. The highest BCUT2D eigenvalue weighted by Crippen LogP contribution is 2.14. The predicted molar refractivity (Wildman–Crippen MR) is 62.8 cm³/mol. The molecule has 1 aromatic heterocycles. The Morgan fingerprint density at radius 2 is 2.20 bits per heavy atom. The highest BCUT2D eigenvalue weighted by atomic mass is 15.4. The molecule has 1 aromatic rings. The van der Waals surface area contributed by atoms with Crippen LogP contribution in [0.1, 0.15) is 40.0 Å². The summed E-state index contributed by atoms with van der Waals surface area (Å²) in [5.74, 6) is 1.10. The van der Waals surface area contributed by atoms with Crippen molar-refractivity contribution >= 4 is 11.9 Å². The number of nitrogens with two attached hydrogens (primary N) is 1. The van der Waals surface area contributed by atoms with Crippen molar-refractivity contribution < 1.29 is 0 Å². The fraction of sp³-hybridized carbons (Fsp3) is 0.800. The number of hydrogen-bond donors (Lipinski definition) is 2. The molecule has 1 unspecified atom stereocenters. The number of aromatic nitrogens is 3. The van der Waals surface area contributed by atoms with Crippen LogP contribution in [0.25, 0.3) is 0 Å². The molecule has 0 spiro atoms. The molecule has 0 radical (unpaired) electrons. The number of nitrogens with one attached hydrogen (secondary N) is 1. The van der Waals surface area contributed by atoms with Gasteiger partial charge in [0.1, 0.15) is 0 Å². The lowest BCUT2D eigenvalue weighted by Gasteiger charge is -2.26. The largest absolute Gasteiger partial charge is 0.368 e. The molecule has 3 N–H and O–H groups in total. The van der Waals surface area contributed by atoms with Gasteiger partial charge in [-0.1, -0.05) is 20.3 Å². The van der Waals surface area contributed by atoms with E-state index in [0.29, 0.717) is 12.0 Å². The Hall–Kier alpha value is -1.26. The third kappa shape index (κ3) is 3.11. The van der Waals surface area contributed by atoms with Crippen LogP contribution >= 0.6 is 0 Å². The Kier molecular flexibility index (Phi) is 4.39. The number of nitrogen functional groups attached to an aromatic ring is 1. The first-order valence-corrected chi connectivity index (χ1v) is 5.63. The van der Waals surface area contributed by atoms with Crippen molar-refractivity contribution in [3.63, 3.8) is 0 Å². The summed E-state index contributed by atoms with van der Waals surface area (Å²) in [7, 11) is 0. The quantitative estimate of drug-likeness (QED) is 0.752. The summed E-state index contributed by atoms with van der Waals surface area (Å²) in [6.07, 6.45) is 3.41. The van der Waals surface area contributed by atoms with Crippen molar-refractivity contribution in [2.75, 3.05) is 17.2 Å². The molecule has 0 aliphatic heterocycles. The van der Waals surface area contributed by atoms with Crippen molar-refractivity contribution in [3.8, 4) is 0 Å². The first-order valence-electron chi connectivity index (χ1n) is 5.63. The van der Waals surface area contributed by atoms with Gasteiger partial charge in [0.05, 0.1) is 0 Å². The van der Waals surface area contributed by atoms with Crippen molar-refractivity contribution in [1.29, 1.82) is 0 Å². The minimum Gasteiger partial charge on any atom is -0.368 e. The normalized spacial score (nSPS) is 12.7. The smallest absolute Gasteiger partial charge is 0.246 e. The molecule has 86 valence electrons. The van der Waals surface area contributed by atoms with E-state index in [2.05, 4.69) is 40.9 Å². The molecule has 5 heteroatoms. The summed E-state index contributed by atoms with van der Waals surface area (Å²) in [5.41, 5.74) is 5.53. The molecule has 0 saturated heterocycles. The molecular weight excluding hydrogens is 190 g/mol. The second-order valence-electron chi connectivity index (χ2n) is 3.82. The van der Waals surface area contributed by atoms with Crippen molar-refractivity contribution in [2.45, 2.75) is 46.1 Å². The molecule has 1 heterocycles. The van der Waals surface area contributed by atoms with E-state index < -0.39 is 0 Å². The van der Waals surface area contributed by atoms with Crippen LogP contribution in [0, 0.1) is 0 Å². The minimum atomic E-state index is 0.384. The van der Waals surface area contributed by atoms with Gasteiger partial charge in [-0.2, -0.15) is 4.98 Å². The van der Waals surface area contributed by atoms with Crippen molar-refractivity contribution in [1.82, 2.24) is 15.2 Å². The van der Waals surface area contributed by atoms with E-state index in [-0.39, 0.29) is 0 Å². The van der Waals surface area contributed by atoms with Crippen molar-refractivity contribution in [3.05, 3.63) is 0 Å². The molecule has 0 aliphatic rings. The number of anilines is 2. The Labute approximate surface area is 91.1 Å². The summed E-state index contributed by atoms with van der Waals surface area (Å²) in [6, 6.07) is 0.451. The van der Waals surface area contributed by atoms with Gasteiger partial charge in [0.15, 0.2) is 0 Å². The second kappa shape index (κ2) is 5.58. The zero-order chi connectivity index (χ0) is 11.3. The zero-order valence-corrected chi connectivity index (χ0v) is 9.82. The van der Waals surface area contributed by atoms with Gasteiger partial charge in [-0.25, -0.2) is 5.10 Å². The summed E-state index contributed by atoms with van der Waals surface area (Å²) in [6.45, 7) is 7.52. The molecule has 0 fully saturated rings.